The molecular formula is C22H23ClF2N4O6. The van der Waals surface area contributed by atoms with Gasteiger partial charge in [0.05, 0.1) is 25.3 Å². The number of hydrogen-bond donors (Lipinski definition) is 2. The highest BCUT2D eigenvalue weighted by Gasteiger charge is 2.18. The first-order valence-electron chi connectivity index (χ1n) is 9.63. The zero-order valence-corrected chi connectivity index (χ0v) is 19.9. The molecule has 3 rings (SSSR count). The van der Waals surface area contributed by atoms with Crippen molar-refractivity contribution in [1.29, 1.82) is 0 Å². The number of halogens is 3. The molecule has 188 valence electrons. The number of aromatic nitrogens is 2. The first-order valence-corrected chi connectivity index (χ1v) is 9.63. The lowest BCUT2D eigenvalue weighted by molar-refractivity contribution is 0.0591. The van der Waals surface area contributed by atoms with Gasteiger partial charge in [0.2, 0.25) is 5.89 Å². The Morgan fingerprint density at radius 2 is 1.49 bits per heavy atom. The molecule has 1 heterocycles. The number of ether oxygens (including phenoxy) is 2. The van der Waals surface area contributed by atoms with Crippen molar-refractivity contribution in [3.05, 3.63) is 70.1 Å². The summed E-state index contributed by atoms with van der Waals surface area (Å²) in [7, 11) is 2.55. The molecule has 3 N–H and O–H groups in total. The van der Waals surface area contributed by atoms with E-state index in [1.807, 2.05) is 5.43 Å². The molecule has 1 aromatic heterocycles. The van der Waals surface area contributed by atoms with Gasteiger partial charge in [-0.2, -0.15) is 8.78 Å². The van der Waals surface area contributed by atoms with Crippen LogP contribution in [-0.4, -0.2) is 42.3 Å². The average molecular weight is 513 g/mol. The molecule has 0 radical (unpaired) electrons. The summed E-state index contributed by atoms with van der Waals surface area (Å²) >= 11 is 0. The van der Waals surface area contributed by atoms with Crippen molar-refractivity contribution in [2.24, 2.45) is 5.84 Å². The zero-order valence-electron chi connectivity index (χ0n) is 19.1. The number of amides is 1. The Hall–Kier alpha value is -3.90. The molecule has 0 bridgehead atoms. The van der Waals surface area contributed by atoms with Gasteiger partial charge in [-0.3, -0.25) is 10.2 Å². The number of nitrogens with two attached hydrogens (primary N) is 1. The molecule has 1 amide bonds. The number of esters is 2. The molecule has 0 unspecified atom stereocenters. The second kappa shape index (κ2) is 13.1. The third-order valence-electron chi connectivity index (χ3n) is 4.55. The molecule has 0 aliphatic heterocycles. The molecule has 0 fully saturated rings. The van der Waals surface area contributed by atoms with Crippen LogP contribution >= 0.6 is 12.4 Å². The van der Waals surface area contributed by atoms with Gasteiger partial charge < -0.3 is 13.9 Å². The summed E-state index contributed by atoms with van der Waals surface area (Å²) in [4.78, 5) is 34.0. The third kappa shape index (κ3) is 7.29. The molecule has 2 aromatic carbocycles. The Morgan fingerprint density at radius 3 is 1.97 bits per heavy atom. The fraction of sp³-hybridized carbons (Fsp3) is 0.227. The van der Waals surface area contributed by atoms with Gasteiger partial charge in [0.25, 0.3) is 11.8 Å². The smallest absolute Gasteiger partial charge is 0.338 e. The van der Waals surface area contributed by atoms with Crippen LogP contribution in [0.5, 0.6) is 0 Å². The molecule has 0 saturated carbocycles. The molecular weight excluding hydrogens is 490 g/mol. The monoisotopic (exact) mass is 512 g/mol. The van der Waals surface area contributed by atoms with Gasteiger partial charge >= 0.3 is 18.4 Å². The molecule has 0 aliphatic carbocycles. The van der Waals surface area contributed by atoms with Crippen LogP contribution < -0.4 is 11.3 Å². The summed E-state index contributed by atoms with van der Waals surface area (Å²) in [6.07, 6.45) is -2.83. The second-order valence-electron chi connectivity index (χ2n) is 6.76. The van der Waals surface area contributed by atoms with Crippen LogP contribution in [0.1, 0.15) is 54.5 Å². The van der Waals surface area contributed by atoms with E-state index in [9.17, 15) is 23.2 Å². The number of carbonyl (C=O) groups is 3. The van der Waals surface area contributed by atoms with Crippen LogP contribution in [0.4, 0.5) is 8.78 Å². The van der Waals surface area contributed by atoms with Crippen molar-refractivity contribution < 1.29 is 37.1 Å². The van der Waals surface area contributed by atoms with Crippen molar-refractivity contribution in [2.75, 3.05) is 14.2 Å². The number of methoxy groups -OCH3 is 2. The second-order valence-corrected chi connectivity index (χ2v) is 6.76. The van der Waals surface area contributed by atoms with Gasteiger partial charge in [-0.25, -0.2) is 15.4 Å². The van der Waals surface area contributed by atoms with Crippen molar-refractivity contribution in [2.45, 2.75) is 20.3 Å². The van der Waals surface area contributed by atoms with E-state index < -0.39 is 30.2 Å². The van der Waals surface area contributed by atoms with Crippen molar-refractivity contribution in [1.82, 2.24) is 15.6 Å². The van der Waals surface area contributed by atoms with E-state index in [-0.39, 0.29) is 18.3 Å². The maximum atomic E-state index is 12.4. The Labute approximate surface area is 205 Å². The Bertz CT molecular complexity index is 1200. The number of aryl methyl sites for hydroxylation is 2. The van der Waals surface area contributed by atoms with Crippen LogP contribution in [0.15, 0.2) is 40.8 Å². The highest BCUT2D eigenvalue weighted by atomic mass is 35.5. The van der Waals surface area contributed by atoms with E-state index in [1.54, 1.807) is 38.1 Å². The van der Waals surface area contributed by atoms with Crippen molar-refractivity contribution in [3.8, 4) is 11.5 Å². The molecule has 0 saturated heterocycles. The predicted molar refractivity (Wildman–Crippen MR) is 122 cm³/mol. The third-order valence-corrected chi connectivity index (χ3v) is 4.55. The number of rotatable bonds is 5. The van der Waals surface area contributed by atoms with Gasteiger partial charge in [0, 0.05) is 11.1 Å². The average Bonchev–Trinajstić information content (AvgIpc) is 3.34. The SMILES string of the molecule is COC(=O)c1cc(-c2nnc(C(F)F)o2)ccc1C.COC(=O)c1cc(C(=O)NN)ccc1C.Cl. The minimum absolute atomic E-state index is 0. The summed E-state index contributed by atoms with van der Waals surface area (Å²) in [5.41, 5.74) is 4.82. The van der Waals surface area contributed by atoms with E-state index in [4.69, 9.17) is 10.3 Å². The number of carbonyl (C=O) groups excluding carboxylic acids is 3. The van der Waals surface area contributed by atoms with Gasteiger partial charge in [-0.05, 0) is 49.2 Å². The van der Waals surface area contributed by atoms with Crippen LogP contribution in [0.3, 0.4) is 0 Å². The van der Waals surface area contributed by atoms with Crippen LogP contribution in [0.2, 0.25) is 0 Å². The summed E-state index contributed by atoms with van der Waals surface area (Å²) in [6, 6.07) is 9.41. The van der Waals surface area contributed by atoms with E-state index in [2.05, 4.69) is 19.7 Å². The number of nitrogens with one attached hydrogen (secondary N) is 1. The van der Waals surface area contributed by atoms with Crippen LogP contribution in [0, 0.1) is 13.8 Å². The summed E-state index contributed by atoms with van der Waals surface area (Å²) < 4.78 is 38.7. The Morgan fingerprint density at radius 1 is 0.943 bits per heavy atom. The predicted octanol–water partition coefficient (Wildman–Crippen LogP) is 3.58. The Kier molecular flexibility index (Phi) is 10.9. The fourth-order valence-electron chi connectivity index (χ4n) is 2.70. The molecule has 0 atom stereocenters. The van der Waals surface area contributed by atoms with E-state index >= 15 is 0 Å². The fourth-order valence-corrected chi connectivity index (χ4v) is 2.70. The molecule has 0 spiro atoms. The van der Waals surface area contributed by atoms with E-state index in [1.165, 1.54) is 26.4 Å². The van der Waals surface area contributed by atoms with Crippen molar-refractivity contribution in [3.63, 3.8) is 0 Å². The largest absolute Gasteiger partial charge is 0.465 e. The summed E-state index contributed by atoms with van der Waals surface area (Å²) in [5, 5.41) is 6.74. The highest BCUT2D eigenvalue weighted by molar-refractivity contribution is 5.98. The minimum atomic E-state index is -2.83. The van der Waals surface area contributed by atoms with Crippen LogP contribution in [-0.2, 0) is 9.47 Å². The topological polar surface area (TPSA) is 147 Å². The van der Waals surface area contributed by atoms with E-state index in [0.29, 0.717) is 27.8 Å². The molecule has 3 aromatic rings. The number of benzene rings is 2. The zero-order chi connectivity index (χ0) is 25.4. The lowest BCUT2D eigenvalue weighted by Crippen LogP contribution is -2.30. The summed E-state index contributed by atoms with van der Waals surface area (Å²) in [5.74, 6) is 2.72. The quantitative estimate of drug-likeness (QED) is 0.226. The number of nitrogens with zero attached hydrogens (tertiary/aromatic N) is 2. The molecule has 35 heavy (non-hydrogen) atoms. The number of nitrogen functional groups attached to an aromatic ring is 1. The molecule has 10 nitrogen and oxygen atoms in total. The van der Waals surface area contributed by atoms with Crippen molar-refractivity contribution >= 4 is 30.3 Å². The minimum Gasteiger partial charge on any atom is -0.465 e. The Balaban J connectivity index is 0.000000350. The standard InChI is InChI=1S/C12H10F2N2O3.C10H12N2O3.ClH/c1-6-3-4-7(5-8(6)12(17)18-2)10-15-16-11(19-10)9(13)14;1-6-3-4-7(9(13)12-11)5-8(6)10(14)15-2;/h3-5,9H,1-2H3;3-5H,11H2,1-2H3,(H,12,13);1H. The normalized spacial score (nSPS) is 9.94. The lowest BCUT2D eigenvalue weighted by Gasteiger charge is -2.06. The summed E-state index contributed by atoms with van der Waals surface area (Å²) in [6.45, 7) is 3.49. The first kappa shape index (κ1) is 29.1. The highest BCUT2D eigenvalue weighted by Crippen LogP contribution is 2.25. The molecule has 13 heteroatoms. The molecule has 0 aliphatic rings. The first-order chi connectivity index (χ1) is 16.1. The maximum Gasteiger partial charge on any atom is 0.338 e. The van der Waals surface area contributed by atoms with E-state index in [0.717, 1.165) is 5.56 Å². The lowest BCUT2D eigenvalue weighted by atomic mass is 10.0. The van der Waals surface area contributed by atoms with Gasteiger partial charge in [0.15, 0.2) is 0 Å². The van der Waals surface area contributed by atoms with Crippen LogP contribution in [0.25, 0.3) is 11.5 Å². The maximum absolute atomic E-state index is 12.4. The van der Waals surface area contributed by atoms with Gasteiger partial charge in [-0.15, -0.1) is 22.6 Å². The van der Waals surface area contributed by atoms with Gasteiger partial charge in [-0.1, -0.05) is 12.1 Å². The number of hydrazine groups is 1. The van der Waals surface area contributed by atoms with Gasteiger partial charge in [0.1, 0.15) is 0 Å². The number of alkyl halides is 2. The number of hydrogen-bond acceptors (Lipinski definition) is 9.